The van der Waals surface area contributed by atoms with E-state index >= 15 is 0 Å². The van der Waals surface area contributed by atoms with Crippen molar-refractivity contribution in [1.29, 1.82) is 0 Å². The minimum Gasteiger partial charge on any atom is -0.378 e. The first kappa shape index (κ1) is 9.90. The third kappa shape index (κ3) is 2.14. The predicted molar refractivity (Wildman–Crippen MR) is 48.9 cm³/mol. The largest absolute Gasteiger partial charge is 0.378 e. The van der Waals surface area contributed by atoms with Crippen molar-refractivity contribution in [2.24, 2.45) is 5.84 Å². The Morgan fingerprint density at radius 3 is 3.00 bits per heavy atom. The van der Waals surface area contributed by atoms with Gasteiger partial charge in [-0.05, 0) is 0 Å². The van der Waals surface area contributed by atoms with E-state index in [9.17, 15) is 4.79 Å². The number of hydrogen-bond donors (Lipinski definition) is 3. The van der Waals surface area contributed by atoms with Crippen molar-refractivity contribution >= 4 is 22.4 Å². The maximum atomic E-state index is 11.1. The maximum Gasteiger partial charge on any atom is 0.277 e. The Morgan fingerprint density at radius 2 is 2.46 bits per heavy atom. The van der Waals surface area contributed by atoms with Crippen LogP contribution in [-0.2, 0) is 11.3 Å². The number of carbonyl (C=O) groups is 1. The quantitative estimate of drug-likeness (QED) is 0.347. The highest BCUT2D eigenvalue weighted by molar-refractivity contribution is 7.17. The van der Waals surface area contributed by atoms with E-state index in [1.807, 2.05) is 5.43 Å². The van der Waals surface area contributed by atoms with Gasteiger partial charge in [0.1, 0.15) is 4.88 Å². The minimum absolute atomic E-state index is 0.246. The zero-order valence-electron chi connectivity index (χ0n) is 7.03. The number of ether oxygens (including phenoxy) is 1. The molecule has 0 saturated heterocycles. The average molecular weight is 202 g/mol. The van der Waals surface area contributed by atoms with E-state index in [1.54, 1.807) is 0 Å². The molecule has 0 saturated carbocycles. The first-order chi connectivity index (χ1) is 6.19. The third-order valence-electron chi connectivity index (χ3n) is 1.33. The molecule has 6 nitrogen and oxygen atoms in total. The lowest BCUT2D eigenvalue weighted by molar-refractivity contribution is 0.0952. The number of nitrogens with one attached hydrogen (secondary N) is 1. The van der Waals surface area contributed by atoms with E-state index < -0.39 is 5.91 Å². The van der Waals surface area contributed by atoms with Crippen LogP contribution in [0.15, 0.2) is 0 Å². The van der Waals surface area contributed by atoms with E-state index in [4.69, 9.17) is 16.3 Å². The Hall–Kier alpha value is -1.18. The Kier molecular flexibility index (Phi) is 3.18. The number of anilines is 1. The number of hydrazine groups is 1. The van der Waals surface area contributed by atoms with Gasteiger partial charge in [-0.25, -0.2) is 10.8 Å². The summed E-state index contributed by atoms with van der Waals surface area (Å²) in [7, 11) is 1.51. The molecule has 72 valence electrons. The zero-order chi connectivity index (χ0) is 9.84. The second kappa shape index (κ2) is 4.17. The van der Waals surface area contributed by atoms with Gasteiger partial charge in [0.15, 0.2) is 5.13 Å². The smallest absolute Gasteiger partial charge is 0.277 e. The van der Waals surface area contributed by atoms with Gasteiger partial charge in [0.25, 0.3) is 5.91 Å². The van der Waals surface area contributed by atoms with Crippen LogP contribution in [-0.4, -0.2) is 18.0 Å². The summed E-state index contributed by atoms with van der Waals surface area (Å²) in [6.45, 7) is 0.246. The second-order valence-electron chi connectivity index (χ2n) is 2.23. The minimum atomic E-state index is -0.402. The first-order valence-electron chi connectivity index (χ1n) is 3.44. The summed E-state index contributed by atoms with van der Waals surface area (Å²) >= 11 is 1.08. The summed E-state index contributed by atoms with van der Waals surface area (Å²) in [6.07, 6.45) is 0. The highest BCUT2D eigenvalue weighted by atomic mass is 32.1. The summed E-state index contributed by atoms with van der Waals surface area (Å²) < 4.78 is 4.84. The van der Waals surface area contributed by atoms with Crippen LogP contribution < -0.4 is 17.0 Å². The van der Waals surface area contributed by atoms with E-state index in [1.165, 1.54) is 7.11 Å². The molecule has 1 heterocycles. The lowest BCUT2D eigenvalue weighted by atomic mass is 10.3. The van der Waals surface area contributed by atoms with Gasteiger partial charge >= 0.3 is 0 Å². The lowest BCUT2D eigenvalue weighted by Crippen LogP contribution is -2.30. The Balaban J connectivity index is 2.96. The molecule has 0 aliphatic rings. The highest BCUT2D eigenvalue weighted by Gasteiger charge is 2.15. The molecule has 1 aromatic heterocycles. The third-order valence-corrected chi connectivity index (χ3v) is 2.26. The molecule has 0 aromatic carbocycles. The molecule has 0 fully saturated rings. The van der Waals surface area contributed by atoms with Gasteiger partial charge in [-0.15, -0.1) is 0 Å². The molecular weight excluding hydrogens is 192 g/mol. The number of thiazole rings is 1. The Bertz CT molecular complexity index is 312. The van der Waals surface area contributed by atoms with Crippen molar-refractivity contribution in [3.63, 3.8) is 0 Å². The van der Waals surface area contributed by atoms with Crippen LogP contribution in [0.1, 0.15) is 15.4 Å². The average Bonchev–Trinajstić information content (AvgIpc) is 2.46. The fraction of sp³-hybridized carbons (Fsp3) is 0.333. The molecule has 0 bridgehead atoms. The monoisotopic (exact) mass is 202 g/mol. The second-order valence-corrected chi connectivity index (χ2v) is 3.27. The SMILES string of the molecule is COCc1nc(N)sc1C(=O)NN. The molecule has 1 aromatic rings. The standard InChI is InChI=1S/C6H10N4O2S/c1-12-2-3-4(5(11)10-8)13-6(7)9-3/h2,8H2,1H3,(H2,7,9)(H,10,11). The van der Waals surface area contributed by atoms with Crippen LogP contribution in [0.3, 0.4) is 0 Å². The number of rotatable bonds is 3. The number of nitrogens with zero attached hydrogens (tertiary/aromatic N) is 1. The van der Waals surface area contributed by atoms with E-state index in [0.717, 1.165) is 11.3 Å². The summed E-state index contributed by atoms with van der Waals surface area (Å²) in [5, 5.41) is 0.325. The molecule has 7 heteroatoms. The molecule has 5 N–H and O–H groups in total. The van der Waals surface area contributed by atoms with E-state index in [2.05, 4.69) is 4.98 Å². The molecule has 0 aliphatic heterocycles. The van der Waals surface area contributed by atoms with Gasteiger partial charge in [0.05, 0.1) is 12.3 Å². The summed E-state index contributed by atoms with van der Waals surface area (Å²) in [4.78, 5) is 15.5. The molecule has 13 heavy (non-hydrogen) atoms. The molecular formula is C6H10N4O2S. The number of nitrogens with two attached hydrogens (primary N) is 2. The van der Waals surface area contributed by atoms with Crippen LogP contribution in [0.2, 0.25) is 0 Å². The molecule has 0 atom stereocenters. The van der Waals surface area contributed by atoms with Gasteiger partial charge in [0.2, 0.25) is 0 Å². The van der Waals surface area contributed by atoms with Crippen LogP contribution in [0.5, 0.6) is 0 Å². The normalized spacial score (nSPS) is 10.0. The summed E-state index contributed by atoms with van der Waals surface area (Å²) in [5.41, 5.74) is 7.95. The van der Waals surface area contributed by atoms with Crippen molar-refractivity contribution < 1.29 is 9.53 Å². The van der Waals surface area contributed by atoms with Gasteiger partial charge in [-0.2, -0.15) is 0 Å². The Labute approximate surface area is 78.9 Å². The van der Waals surface area contributed by atoms with Crippen molar-refractivity contribution in [3.05, 3.63) is 10.6 Å². The fourth-order valence-corrected chi connectivity index (χ4v) is 1.59. The molecule has 0 spiro atoms. The number of carbonyl (C=O) groups excluding carboxylic acids is 1. The van der Waals surface area contributed by atoms with Gasteiger partial charge in [-0.3, -0.25) is 10.2 Å². The fourth-order valence-electron chi connectivity index (χ4n) is 0.848. The maximum absolute atomic E-state index is 11.1. The molecule has 0 radical (unpaired) electrons. The van der Waals surface area contributed by atoms with Crippen LogP contribution >= 0.6 is 11.3 Å². The molecule has 1 rings (SSSR count). The summed E-state index contributed by atoms with van der Waals surface area (Å²) in [6, 6.07) is 0. The van der Waals surface area contributed by atoms with Crippen molar-refractivity contribution in [1.82, 2.24) is 10.4 Å². The van der Waals surface area contributed by atoms with Crippen molar-refractivity contribution in [3.8, 4) is 0 Å². The van der Waals surface area contributed by atoms with Crippen LogP contribution in [0, 0.1) is 0 Å². The number of hydrogen-bond acceptors (Lipinski definition) is 6. The highest BCUT2D eigenvalue weighted by Crippen LogP contribution is 2.20. The molecule has 0 aliphatic carbocycles. The van der Waals surface area contributed by atoms with E-state index in [-0.39, 0.29) is 6.61 Å². The Morgan fingerprint density at radius 1 is 1.77 bits per heavy atom. The zero-order valence-corrected chi connectivity index (χ0v) is 7.85. The van der Waals surface area contributed by atoms with Crippen molar-refractivity contribution in [2.45, 2.75) is 6.61 Å². The van der Waals surface area contributed by atoms with Gasteiger partial charge in [0, 0.05) is 7.11 Å². The van der Waals surface area contributed by atoms with Gasteiger partial charge in [-0.1, -0.05) is 11.3 Å². The number of methoxy groups -OCH3 is 1. The van der Waals surface area contributed by atoms with Gasteiger partial charge < -0.3 is 10.5 Å². The lowest BCUT2D eigenvalue weighted by Gasteiger charge is -1.98. The summed E-state index contributed by atoms with van der Waals surface area (Å²) in [5.74, 6) is 4.57. The van der Waals surface area contributed by atoms with E-state index in [0.29, 0.717) is 15.7 Å². The first-order valence-corrected chi connectivity index (χ1v) is 4.25. The predicted octanol–water partition coefficient (Wildman–Crippen LogP) is -0.525. The number of aromatic nitrogens is 1. The molecule has 1 amide bonds. The van der Waals surface area contributed by atoms with Crippen molar-refractivity contribution in [2.75, 3.05) is 12.8 Å². The topological polar surface area (TPSA) is 103 Å². The number of nitrogen functional groups attached to an aromatic ring is 2. The number of amides is 1. The van der Waals surface area contributed by atoms with Crippen LogP contribution in [0.25, 0.3) is 0 Å². The van der Waals surface area contributed by atoms with Crippen LogP contribution in [0.4, 0.5) is 5.13 Å². The molecule has 0 unspecified atom stereocenters.